The van der Waals surface area contributed by atoms with Gasteiger partial charge in [-0.25, -0.2) is 0 Å². The van der Waals surface area contributed by atoms with Crippen molar-refractivity contribution in [2.24, 2.45) is 7.05 Å². The molecule has 0 aliphatic carbocycles. The SMILES string of the molecule is C=Cc1cc(C(C)=N)n(C)c1C=C.CC. The van der Waals surface area contributed by atoms with Crippen molar-refractivity contribution in [2.75, 3.05) is 0 Å². The molecule has 0 radical (unpaired) electrons. The first-order valence-electron chi connectivity index (χ1n) is 5.12. The molecule has 1 aromatic rings. The van der Waals surface area contributed by atoms with Crippen molar-refractivity contribution in [1.29, 1.82) is 5.41 Å². The molecule has 0 atom stereocenters. The van der Waals surface area contributed by atoms with E-state index in [0.717, 1.165) is 17.0 Å². The maximum absolute atomic E-state index is 7.55. The molecule has 2 nitrogen and oxygen atoms in total. The predicted molar refractivity (Wildman–Crippen MR) is 69.4 cm³/mol. The molecule has 0 aliphatic rings. The van der Waals surface area contributed by atoms with Gasteiger partial charge < -0.3 is 9.98 Å². The maximum Gasteiger partial charge on any atom is 0.0623 e. The van der Waals surface area contributed by atoms with Crippen LogP contribution in [0.3, 0.4) is 0 Å². The van der Waals surface area contributed by atoms with Crippen LogP contribution in [0.4, 0.5) is 0 Å². The van der Waals surface area contributed by atoms with E-state index in [1.54, 1.807) is 19.1 Å². The van der Waals surface area contributed by atoms with Crippen molar-refractivity contribution in [3.8, 4) is 0 Å². The van der Waals surface area contributed by atoms with Gasteiger partial charge in [0.2, 0.25) is 0 Å². The van der Waals surface area contributed by atoms with Gasteiger partial charge in [-0.15, -0.1) is 0 Å². The van der Waals surface area contributed by atoms with Crippen LogP contribution in [0.25, 0.3) is 12.2 Å². The van der Waals surface area contributed by atoms with Crippen molar-refractivity contribution in [1.82, 2.24) is 4.57 Å². The highest BCUT2D eigenvalue weighted by atomic mass is 15.0. The molecule has 1 rings (SSSR count). The third kappa shape index (κ3) is 2.69. The molecule has 0 spiro atoms. The van der Waals surface area contributed by atoms with Gasteiger partial charge in [-0.3, -0.25) is 0 Å². The molecule has 0 aliphatic heterocycles. The Hall–Kier alpha value is -1.57. The maximum atomic E-state index is 7.55. The van der Waals surface area contributed by atoms with Crippen LogP contribution >= 0.6 is 0 Å². The molecule has 1 aromatic heterocycles. The Balaban J connectivity index is 0.000000921. The number of nitrogens with zero attached hydrogens (tertiary/aromatic N) is 1. The Labute approximate surface area is 92.4 Å². The van der Waals surface area contributed by atoms with E-state index in [4.69, 9.17) is 5.41 Å². The lowest BCUT2D eigenvalue weighted by Gasteiger charge is -2.02. The van der Waals surface area contributed by atoms with Gasteiger partial charge >= 0.3 is 0 Å². The highest BCUT2D eigenvalue weighted by Crippen LogP contribution is 2.17. The van der Waals surface area contributed by atoms with Gasteiger partial charge in [-0.05, 0) is 24.6 Å². The lowest BCUT2D eigenvalue weighted by atomic mass is 10.2. The Morgan fingerprint density at radius 3 is 2.13 bits per heavy atom. The summed E-state index contributed by atoms with van der Waals surface area (Å²) in [5.41, 5.74) is 3.50. The van der Waals surface area contributed by atoms with E-state index in [1.165, 1.54) is 0 Å². The molecule has 82 valence electrons. The second kappa shape index (κ2) is 6.02. The van der Waals surface area contributed by atoms with Crippen LogP contribution in [0.15, 0.2) is 19.2 Å². The van der Waals surface area contributed by atoms with E-state index < -0.39 is 0 Å². The largest absolute Gasteiger partial charge is 0.343 e. The minimum Gasteiger partial charge on any atom is -0.343 e. The summed E-state index contributed by atoms with van der Waals surface area (Å²) < 4.78 is 1.95. The summed E-state index contributed by atoms with van der Waals surface area (Å²) >= 11 is 0. The highest BCUT2D eigenvalue weighted by molar-refractivity contribution is 5.96. The number of hydrogen-bond donors (Lipinski definition) is 1. The summed E-state index contributed by atoms with van der Waals surface area (Å²) in [5, 5.41) is 7.55. The van der Waals surface area contributed by atoms with Crippen LogP contribution in [0.5, 0.6) is 0 Å². The molecular weight excluding hydrogens is 184 g/mol. The predicted octanol–water partition coefficient (Wildman–Crippen LogP) is 3.73. The fourth-order valence-electron chi connectivity index (χ4n) is 1.42. The van der Waals surface area contributed by atoms with E-state index in [1.807, 2.05) is 31.5 Å². The van der Waals surface area contributed by atoms with Gasteiger partial charge in [-0.1, -0.05) is 33.1 Å². The second-order valence-electron chi connectivity index (χ2n) is 2.96. The van der Waals surface area contributed by atoms with E-state index in [2.05, 4.69) is 13.2 Å². The van der Waals surface area contributed by atoms with Crippen molar-refractivity contribution < 1.29 is 0 Å². The normalized spacial score (nSPS) is 8.80. The number of rotatable bonds is 3. The Morgan fingerprint density at radius 1 is 1.33 bits per heavy atom. The average Bonchev–Trinajstić information content (AvgIpc) is 2.57. The van der Waals surface area contributed by atoms with Gasteiger partial charge in [0.25, 0.3) is 0 Å². The average molecular weight is 204 g/mol. The van der Waals surface area contributed by atoms with Gasteiger partial charge in [-0.2, -0.15) is 0 Å². The Bertz CT molecular complexity index is 370. The molecule has 0 amide bonds. The highest BCUT2D eigenvalue weighted by Gasteiger charge is 2.08. The van der Waals surface area contributed by atoms with Gasteiger partial charge in [0.15, 0.2) is 0 Å². The molecule has 15 heavy (non-hydrogen) atoms. The minimum atomic E-state index is 0.554. The number of nitrogens with one attached hydrogen (secondary N) is 1. The topological polar surface area (TPSA) is 28.8 Å². The van der Waals surface area contributed by atoms with Gasteiger partial charge in [0, 0.05) is 12.7 Å². The molecule has 1 heterocycles. The van der Waals surface area contributed by atoms with E-state index in [9.17, 15) is 0 Å². The third-order valence-corrected chi connectivity index (χ3v) is 2.11. The third-order valence-electron chi connectivity index (χ3n) is 2.11. The van der Waals surface area contributed by atoms with Gasteiger partial charge in [0.05, 0.1) is 11.4 Å². The quantitative estimate of drug-likeness (QED) is 0.727. The van der Waals surface area contributed by atoms with Crippen LogP contribution in [0, 0.1) is 5.41 Å². The zero-order valence-electron chi connectivity index (χ0n) is 10.1. The fourth-order valence-corrected chi connectivity index (χ4v) is 1.42. The molecular formula is C13H20N2. The van der Waals surface area contributed by atoms with Crippen LogP contribution in [-0.2, 0) is 7.05 Å². The first-order chi connectivity index (χ1) is 7.11. The van der Waals surface area contributed by atoms with Crippen LogP contribution in [-0.4, -0.2) is 10.3 Å². The molecule has 2 heteroatoms. The minimum absolute atomic E-state index is 0.554. The van der Waals surface area contributed by atoms with E-state index in [0.29, 0.717) is 5.71 Å². The zero-order valence-corrected chi connectivity index (χ0v) is 10.1. The molecule has 0 saturated carbocycles. The lowest BCUT2D eigenvalue weighted by Crippen LogP contribution is -2.02. The van der Waals surface area contributed by atoms with Crippen molar-refractivity contribution in [3.63, 3.8) is 0 Å². The van der Waals surface area contributed by atoms with Gasteiger partial charge in [0.1, 0.15) is 0 Å². The number of hydrogen-bond acceptors (Lipinski definition) is 1. The van der Waals surface area contributed by atoms with Crippen LogP contribution in [0.2, 0.25) is 0 Å². The Kier molecular flexibility index (Phi) is 5.39. The molecule has 0 fully saturated rings. The number of aromatic nitrogens is 1. The zero-order chi connectivity index (χ0) is 12.0. The van der Waals surface area contributed by atoms with Crippen molar-refractivity contribution in [3.05, 3.63) is 36.2 Å². The van der Waals surface area contributed by atoms with Crippen LogP contribution < -0.4 is 0 Å². The summed E-state index contributed by atoms with van der Waals surface area (Å²) in [6.45, 7) is 13.2. The molecule has 0 saturated heterocycles. The van der Waals surface area contributed by atoms with E-state index in [-0.39, 0.29) is 0 Å². The summed E-state index contributed by atoms with van der Waals surface area (Å²) in [7, 11) is 1.93. The first-order valence-corrected chi connectivity index (χ1v) is 5.12. The molecule has 1 N–H and O–H groups in total. The van der Waals surface area contributed by atoms with Crippen molar-refractivity contribution >= 4 is 17.9 Å². The monoisotopic (exact) mass is 204 g/mol. The lowest BCUT2D eigenvalue weighted by molar-refractivity contribution is 0.899. The van der Waals surface area contributed by atoms with E-state index >= 15 is 0 Å². The Morgan fingerprint density at radius 2 is 1.87 bits per heavy atom. The standard InChI is InChI=1S/C11H14N2.C2H6/c1-5-9-7-11(8(3)12)13(4)10(9)6-2;1-2/h5-7,12H,1-2H2,3-4H3;1-2H3. The molecule has 0 unspecified atom stereocenters. The summed E-state index contributed by atoms with van der Waals surface area (Å²) in [6, 6.07) is 1.95. The summed E-state index contributed by atoms with van der Waals surface area (Å²) in [5.74, 6) is 0. The summed E-state index contributed by atoms with van der Waals surface area (Å²) in [6.07, 6.45) is 3.56. The summed E-state index contributed by atoms with van der Waals surface area (Å²) in [4.78, 5) is 0. The molecule has 0 bridgehead atoms. The van der Waals surface area contributed by atoms with Crippen molar-refractivity contribution in [2.45, 2.75) is 20.8 Å². The second-order valence-corrected chi connectivity index (χ2v) is 2.96. The fraction of sp³-hybridized carbons (Fsp3) is 0.308. The smallest absolute Gasteiger partial charge is 0.0623 e. The van der Waals surface area contributed by atoms with Crippen LogP contribution in [0.1, 0.15) is 37.7 Å². The molecule has 0 aromatic carbocycles. The first kappa shape index (κ1) is 13.4.